The monoisotopic (exact) mass is 438 g/mol. The summed E-state index contributed by atoms with van der Waals surface area (Å²) in [5, 5.41) is 0. The average Bonchev–Trinajstić information content (AvgIpc) is 2.68. The van der Waals surface area contributed by atoms with E-state index >= 15 is 0 Å². The van der Waals surface area contributed by atoms with Crippen molar-refractivity contribution in [2.45, 2.75) is 6.42 Å². The van der Waals surface area contributed by atoms with Crippen LogP contribution in [0.4, 0.5) is 13.2 Å². The van der Waals surface area contributed by atoms with Crippen molar-refractivity contribution in [3.05, 3.63) is 82.0 Å². The number of nitrogens with zero attached hydrogens (tertiary/aromatic N) is 1. The van der Waals surface area contributed by atoms with Crippen LogP contribution >= 0.6 is 0 Å². The standard InChI is InChI=1S/C20H17F3N2O4S/c1-25-11-13(9-17(23)20(25)26)15-8-12(6-7-24-30(27)28)2-4-18(15)29-19-5-3-14(21)10-16(19)22/h2-5,8-11,30H,6-7H2,1H3,(H,24,27,28). The van der Waals surface area contributed by atoms with Crippen LogP contribution in [0.15, 0.2) is 53.5 Å². The molecule has 0 spiro atoms. The summed E-state index contributed by atoms with van der Waals surface area (Å²) in [6.45, 7) is 0.145. The fourth-order valence-electron chi connectivity index (χ4n) is 2.83. The summed E-state index contributed by atoms with van der Waals surface area (Å²) in [5.41, 5.74) is 0.509. The van der Waals surface area contributed by atoms with E-state index in [0.717, 1.165) is 22.8 Å². The number of nitrogens with one attached hydrogen (secondary N) is 1. The van der Waals surface area contributed by atoms with Gasteiger partial charge in [-0.05, 0) is 42.3 Å². The number of rotatable bonds is 7. The van der Waals surface area contributed by atoms with Crippen LogP contribution in [0.5, 0.6) is 11.5 Å². The molecule has 0 radical (unpaired) electrons. The highest BCUT2D eigenvalue weighted by atomic mass is 32.2. The molecule has 0 aliphatic carbocycles. The lowest BCUT2D eigenvalue weighted by molar-refractivity contribution is 0.439. The van der Waals surface area contributed by atoms with Gasteiger partial charge in [-0.2, -0.15) is 0 Å². The largest absolute Gasteiger partial charge is 0.454 e. The molecule has 0 aliphatic heterocycles. The normalized spacial score (nSPS) is 11.1. The molecule has 0 saturated carbocycles. The van der Waals surface area contributed by atoms with Gasteiger partial charge in [-0.1, -0.05) is 6.07 Å². The summed E-state index contributed by atoms with van der Waals surface area (Å²) in [6.07, 6.45) is 1.72. The smallest absolute Gasteiger partial charge is 0.286 e. The number of hydrogen-bond donors (Lipinski definition) is 2. The minimum atomic E-state index is -2.74. The van der Waals surface area contributed by atoms with Crippen LogP contribution in [0.3, 0.4) is 0 Å². The van der Waals surface area contributed by atoms with Crippen molar-refractivity contribution < 1.29 is 26.3 Å². The molecule has 0 amide bonds. The van der Waals surface area contributed by atoms with Gasteiger partial charge in [-0.3, -0.25) is 4.79 Å². The number of aromatic nitrogens is 1. The Morgan fingerprint density at radius 3 is 2.40 bits per heavy atom. The highest BCUT2D eigenvalue weighted by molar-refractivity contribution is 7.70. The fourth-order valence-corrected chi connectivity index (χ4v) is 3.13. The van der Waals surface area contributed by atoms with Gasteiger partial charge in [0.25, 0.3) is 5.56 Å². The molecule has 0 bridgehead atoms. The Balaban J connectivity index is 2.05. The first-order valence-electron chi connectivity index (χ1n) is 8.75. The molecule has 2 aromatic carbocycles. The Bertz CT molecular complexity index is 1190. The Labute approximate surface area is 171 Å². The van der Waals surface area contributed by atoms with E-state index in [1.807, 2.05) is 0 Å². The maximum absolute atomic E-state index is 14.0. The molecule has 0 unspecified atom stereocenters. The number of halogens is 3. The molecule has 0 atom stereocenters. The number of thiol groups is 1. The number of benzene rings is 2. The maximum Gasteiger partial charge on any atom is 0.286 e. The van der Waals surface area contributed by atoms with E-state index in [-0.39, 0.29) is 23.6 Å². The lowest BCUT2D eigenvalue weighted by Gasteiger charge is -2.15. The van der Waals surface area contributed by atoms with Crippen molar-refractivity contribution in [1.29, 1.82) is 0 Å². The molecule has 1 aromatic heterocycles. The molecule has 1 heterocycles. The molecular weight excluding hydrogens is 421 g/mol. The first kappa shape index (κ1) is 21.6. The van der Waals surface area contributed by atoms with Crippen LogP contribution < -0.4 is 15.0 Å². The summed E-state index contributed by atoms with van der Waals surface area (Å²) in [5.74, 6) is -2.75. The van der Waals surface area contributed by atoms with Gasteiger partial charge in [0.1, 0.15) is 11.6 Å². The third-order valence-corrected chi connectivity index (χ3v) is 4.74. The molecule has 0 saturated heterocycles. The van der Waals surface area contributed by atoms with Crippen LogP contribution in [-0.2, 0) is 24.4 Å². The molecule has 0 aliphatic rings. The predicted octanol–water partition coefficient (Wildman–Crippen LogP) is 2.92. The highest BCUT2D eigenvalue weighted by Gasteiger charge is 2.15. The Hall–Kier alpha value is -3.11. The quantitative estimate of drug-likeness (QED) is 0.556. The average molecular weight is 438 g/mol. The van der Waals surface area contributed by atoms with E-state index < -0.39 is 33.9 Å². The third kappa shape index (κ3) is 5.08. The zero-order chi connectivity index (χ0) is 21.8. The first-order chi connectivity index (χ1) is 14.2. The fraction of sp³-hybridized carbons (Fsp3) is 0.150. The zero-order valence-electron chi connectivity index (χ0n) is 15.7. The highest BCUT2D eigenvalue weighted by Crippen LogP contribution is 2.35. The van der Waals surface area contributed by atoms with Gasteiger partial charge in [0.2, 0.25) is 10.9 Å². The second-order valence-electron chi connectivity index (χ2n) is 6.42. The van der Waals surface area contributed by atoms with Crippen molar-refractivity contribution in [2.24, 2.45) is 7.05 Å². The van der Waals surface area contributed by atoms with Gasteiger partial charge in [0, 0.05) is 37.0 Å². The Morgan fingerprint density at radius 2 is 1.73 bits per heavy atom. The minimum absolute atomic E-state index is 0.144. The second-order valence-corrected chi connectivity index (χ2v) is 7.25. The summed E-state index contributed by atoms with van der Waals surface area (Å²) in [7, 11) is -1.36. The molecule has 3 rings (SSSR count). The summed E-state index contributed by atoms with van der Waals surface area (Å²) >= 11 is 0. The van der Waals surface area contributed by atoms with Crippen molar-refractivity contribution in [2.75, 3.05) is 6.54 Å². The van der Waals surface area contributed by atoms with Gasteiger partial charge < -0.3 is 9.30 Å². The Morgan fingerprint density at radius 1 is 1.00 bits per heavy atom. The van der Waals surface area contributed by atoms with Crippen molar-refractivity contribution >= 4 is 10.9 Å². The minimum Gasteiger partial charge on any atom is -0.454 e. The van der Waals surface area contributed by atoms with Crippen LogP contribution in [0, 0.1) is 17.5 Å². The molecule has 10 heteroatoms. The van der Waals surface area contributed by atoms with Gasteiger partial charge in [0.05, 0.1) is 0 Å². The lowest BCUT2D eigenvalue weighted by atomic mass is 10.0. The van der Waals surface area contributed by atoms with E-state index in [0.29, 0.717) is 23.6 Å². The number of aryl methyl sites for hydroxylation is 1. The predicted molar refractivity (Wildman–Crippen MR) is 106 cm³/mol. The summed E-state index contributed by atoms with van der Waals surface area (Å²) in [4.78, 5) is 11.7. The van der Waals surface area contributed by atoms with Crippen molar-refractivity contribution in [1.82, 2.24) is 9.29 Å². The zero-order valence-corrected chi connectivity index (χ0v) is 16.6. The van der Waals surface area contributed by atoms with Crippen LogP contribution in [-0.4, -0.2) is 19.5 Å². The molecule has 30 heavy (non-hydrogen) atoms. The van der Waals surface area contributed by atoms with Crippen LogP contribution in [0.1, 0.15) is 5.56 Å². The second kappa shape index (κ2) is 9.14. The molecule has 158 valence electrons. The topological polar surface area (TPSA) is 77.4 Å². The maximum atomic E-state index is 14.0. The Kier molecular flexibility index (Phi) is 6.58. The summed E-state index contributed by atoms with van der Waals surface area (Å²) in [6, 6.07) is 8.63. The van der Waals surface area contributed by atoms with Crippen molar-refractivity contribution in [3.8, 4) is 22.6 Å². The third-order valence-electron chi connectivity index (χ3n) is 4.26. The van der Waals surface area contributed by atoms with E-state index in [2.05, 4.69) is 4.72 Å². The van der Waals surface area contributed by atoms with Crippen LogP contribution in [0.2, 0.25) is 0 Å². The molecule has 6 nitrogen and oxygen atoms in total. The van der Waals surface area contributed by atoms with E-state index in [1.165, 1.54) is 19.3 Å². The van der Waals surface area contributed by atoms with Gasteiger partial charge in [-0.25, -0.2) is 26.3 Å². The van der Waals surface area contributed by atoms with Gasteiger partial charge >= 0.3 is 0 Å². The van der Waals surface area contributed by atoms with Gasteiger partial charge in [-0.15, -0.1) is 0 Å². The SMILES string of the molecule is Cn1cc(-c2cc(CCN[SH](=O)=O)ccc2Oc2ccc(F)cc2F)cc(F)c1=O. The van der Waals surface area contributed by atoms with E-state index in [9.17, 15) is 26.4 Å². The first-order valence-corrected chi connectivity index (χ1v) is 9.92. The molecular formula is C20H17F3N2O4S. The number of pyridine rings is 1. The van der Waals surface area contributed by atoms with Crippen molar-refractivity contribution in [3.63, 3.8) is 0 Å². The number of hydrogen-bond acceptors (Lipinski definition) is 4. The van der Waals surface area contributed by atoms with E-state index in [4.69, 9.17) is 4.74 Å². The summed E-state index contributed by atoms with van der Waals surface area (Å²) < 4.78 is 71.5. The molecule has 3 aromatic rings. The molecule has 0 fully saturated rings. The lowest BCUT2D eigenvalue weighted by Crippen LogP contribution is -2.19. The molecule has 1 N–H and O–H groups in total. The van der Waals surface area contributed by atoms with E-state index in [1.54, 1.807) is 12.1 Å². The number of ether oxygens (including phenoxy) is 1. The van der Waals surface area contributed by atoms with Crippen LogP contribution in [0.25, 0.3) is 11.1 Å². The van der Waals surface area contributed by atoms with Gasteiger partial charge in [0.15, 0.2) is 17.4 Å².